The number of rotatable bonds is 5. The maximum Gasteiger partial charge on any atom is 0.316 e. The predicted octanol–water partition coefficient (Wildman–Crippen LogP) is 2.75. The van der Waals surface area contributed by atoms with E-state index in [2.05, 4.69) is 6.07 Å². The van der Waals surface area contributed by atoms with Crippen LogP contribution in [-0.4, -0.2) is 22.6 Å². The Morgan fingerprint density at radius 3 is 2.53 bits per heavy atom. The number of nitriles is 1. The zero-order valence-electron chi connectivity index (χ0n) is 9.87. The summed E-state index contributed by atoms with van der Waals surface area (Å²) in [6.07, 6.45) is 1.39. The molecule has 1 unspecified atom stereocenters. The van der Waals surface area contributed by atoms with Crippen LogP contribution in [-0.2, 0) is 9.53 Å². The van der Waals surface area contributed by atoms with Crippen LogP contribution in [0, 0.1) is 11.3 Å². The van der Waals surface area contributed by atoms with E-state index in [1.54, 1.807) is 0 Å². The van der Waals surface area contributed by atoms with Crippen LogP contribution in [0.4, 0.5) is 0 Å². The highest BCUT2D eigenvalue weighted by atomic mass is 32.2. The van der Waals surface area contributed by atoms with Crippen LogP contribution in [0.2, 0.25) is 0 Å². The van der Waals surface area contributed by atoms with Crippen molar-refractivity contribution in [3.8, 4) is 6.07 Å². The van der Waals surface area contributed by atoms with Gasteiger partial charge in [0.1, 0.15) is 5.60 Å². The average molecular weight is 229 g/mol. The normalized spacial score (nSPS) is 13.0. The Morgan fingerprint density at radius 1 is 1.53 bits per heavy atom. The fourth-order valence-electron chi connectivity index (χ4n) is 0.980. The van der Waals surface area contributed by atoms with Gasteiger partial charge in [0, 0.05) is 11.7 Å². The van der Waals surface area contributed by atoms with Crippen LogP contribution in [0.3, 0.4) is 0 Å². The van der Waals surface area contributed by atoms with Gasteiger partial charge >= 0.3 is 5.97 Å². The highest BCUT2D eigenvalue weighted by Gasteiger charge is 2.17. The number of carbonyl (C=O) groups excluding carboxylic acids is 1. The van der Waals surface area contributed by atoms with Gasteiger partial charge in [0.15, 0.2) is 0 Å². The van der Waals surface area contributed by atoms with Crippen LogP contribution in [0.25, 0.3) is 0 Å². The molecule has 4 heteroatoms. The molecule has 86 valence electrons. The van der Waals surface area contributed by atoms with Gasteiger partial charge in [-0.2, -0.15) is 5.26 Å². The number of carbonyl (C=O) groups is 1. The number of hydrogen-bond acceptors (Lipinski definition) is 4. The van der Waals surface area contributed by atoms with Crippen molar-refractivity contribution in [3.05, 3.63) is 0 Å². The third-order valence-corrected chi connectivity index (χ3v) is 3.00. The lowest BCUT2D eigenvalue weighted by Crippen LogP contribution is -2.25. The summed E-state index contributed by atoms with van der Waals surface area (Å²) in [7, 11) is 0. The second-order valence-electron chi connectivity index (χ2n) is 4.29. The topological polar surface area (TPSA) is 50.1 Å². The molecule has 0 bridgehead atoms. The molecule has 0 aliphatic carbocycles. The van der Waals surface area contributed by atoms with E-state index in [0.717, 1.165) is 6.42 Å². The molecule has 0 spiro atoms. The lowest BCUT2D eigenvalue weighted by Gasteiger charge is -2.20. The lowest BCUT2D eigenvalue weighted by molar-refractivity contribution is -0.151. The van der Waals surface area contributed by atoms with E-state index in [1.165, 1.54) is 11.8 Å². The van der Waals surface area contributed by atoms with E-state index in [-0.39, 0.29) is 11.2 Å². The van der Waals surface area contributed by atoms with Crippen molar-refractivity contribution in [2.24, 2.45) is 0 Å². The lowest BCUT2D eigenvalue weighted by atomic mass is 10.2. The highest BCUT2D eigenvalue weighted by Crippen LogP contribution is 2.19. The molecule has 0 saturated heterocycles. The molecule has 3 nitrogen and oxygen atoms in total. The van der Waals surface area contributed by atoms with Gasteiger partial charge in [-0.05, 0) is 27.2 Å². The van der Waals surface area contributed by atoms with E-state index < -0.39 is 5.60 Å². The highest BCUT2D eigenvalue weighted by molar-refractivity contribution is 8.00. The van der Waals surface area contributed by atoms with Gasteiger partial charge in [0.25, 0.3) is 0 Å². The van der Waals surface area contributed by atoms with Gasteiger partial charge in [0.2, 0.25) is 0 Å². The minimum atomic E-state index is -0.422. The maximum atomic E-state index is 11.4. The van der Waals surface area contributed by atoms with E-state index in [4.69, 9.17) is 10.00 Å². The van der Waals surface area contributed by atoms with E-state index in [0.29, 0.717) is 12.2 Å². The molecule has 15 heavy (non-hydrogen) atoms. The molecule has 0 rings (SSSR count). The number of ether oxygens (including phenoxy) is 1. The molecule has 0 radical (unpaired) electrons. The van der Waals surface area contributed by atoms with Gasteiger partial charge in [-0.15, -0.1) is 11.8 Å². The van der Waals surface area contributed by atoms with Gasteiger partial charge in [-0.25, -0.2) is 0 Å². The summed E-state index contributed by atoms with van der Waals surface area (Å²) >= 11 is 1.50. The van der Waals surface area contributed by atoms with Gasteiger partial charge in [0.05, 0.1) is 11.8 Å². The standard InChI is InChI=1S/C11H19NO2S/c1-5-9(6-7-12)15-8-10(13)14-11(2,3)4/h9H,5-6,8H2,1-4H3. The van der Waals surface area contributed by atoms with E-state index in [1.807, 2.05) is 27.7 Å². The Labute approximate surface area is 96.2 Å². The van der Waals surface area contributed by atoms with Crippen molar-refractivity contribution < 1.29 is 9.53 Å². The molecule has 0 aromatic heterocycles. The smallest absolute Gasteiger partial charge is 0.316 e. The molecular weight excluding hydrogens is 210 g/mol. The van der Waals surface area contributed by atoms with Gasteiger partial charge in [-0.1, -0.05) is 6.92 Å². The SMILES string of the molecule is CCC(CC#N)SCC(=O)OC(C)(C)C. The molecule has 0 heterocycles. The summed E-state index contributed by atoms with van der Waals surface area (Å²) in [6, 6.07) is 2.12. The zero-order valence-corrected chi connectivity index (χ0v) is 10.7. The second kappa shape index (κ2) is 6.73. The van der Waals surface area contributed by atoms with Crippen molar-refractivity contribution in [2.75, 3.05) is 5.75 Å². The van der Waals surface area contributed by atoms with Crippen LogP contribution in [0.15, 0.2) is 0 Å². The van der Waals surface area contributed by atoms with Crippen LogP contribution in [0.5, 0.6) is 0 Å². The van der Waals surface area contributed by atoms with E-state index >= 15 is 0 Å². The molecule has 1 atom stereocenters. The number of nitrogens with zero attached hydrogens (tertiary/aromatic N) is 1. The summed E-state index contributed by atoms with van der Waals surface area (Å²) in [5.74, 6) is 0.126. The summed E-state index contributed by atoms with van der Waals surface area (Å²) in [5.41, 5.74) is -0.422. The number of esters is 1. The molecule has 0 aliphatic heterocycles. The summed E-state index contributed by atoms with van der Waals surface area (Å²) in [4.78, 5) is 11.4. The van der Waals surface area contributed by atoms with Crippen molar-refractivity contribution >= 4 is 17.7 Å². The minimum absolute atomic E-state index is 0.205. The number of hydrogen-bond donors (Lipinski definition) is 0. The minimum Gasteiger partial charge on any atom is -0.459 e. The first-order valence-electron chi connectivity index (χ1n) is 5.09. The fraction of sp³-hybridized carbons (Fsp3) is 0.818. The van der Waals surface area contributed by atoms with E-state index in [9.17, 15) is 4.79 Å². The Hall–Kier alpha value is -0.690. The van der Waals surface area contributed by atoms with Crippen molar-refractivity contribution in [2.45, 2.75) is 51.4 Å². The molecule has 0 amide bonds. The summed E-state index contributed by atoms with van der Waals surface area (Å²) in [5, 5.41) is 8.78. The van der Waals surface area contributed by atoms with Crippen LogP contribution >= 0.6 is 11.8 Å². The first-order chi connectivity index (χ1) is 6.89. The Morgan fingerprint density at radius 2 is 2.13 bits per heavy atom. The quantitative estimate of drug-likeness (QED) is 0.680. The number of thioether (sulfide) groups is 1. The third-order valence-electron chi connectivity index (χ3n) is 1.63. The third kappa shape index (κ3) is 8.31. The molecule has 0 aromatic carbocycles. The fourth-order valence-corrected chi connectivity index (χ4v) is 1.84. The van der Waals surface area contributed by atoms with Crippen molar-refractivity contribution in [3.63, 3.8) is 0 Å². The predicted molar refractivity (Wildman–Crippen MR) is 62.6 cm³/mol. The summed E-state index contributed by atoms with van der Waals surface area (Å²) in [6.45, 7) is 7.57. The first-order valence-corrected chi connectivity index (χ1v) is 6.14. The Balaban J connectivity index is 3.84. The maximum absolute atomic E-state index is 11.4. The van der Waals surface area contributed by atoms with Gasteiger partial charge < -0.3 is 4.74 Å². The van der Waals surface area contributed by atoms with Crippen LogP contribution in [0.1, 0.15) is 40.5 Å². The molecule has 0 fully saturated rings. The van der Waals surface area contributed by atoms with Crippen molar-refractivity contribution in [1.82, 2.24) is 0 Å². The molecule has 0 aliphatic rings. The molecule has 0 N–H and O–H groups in total. The molecule has 0 aromatic rings. The van der Waals surface area contributed by atoms with Crippen molar-refractivity contribution in [1.29, 1.82) is 5.26 Å². The average Bonchev–Trinajstić information content (AvgIpc) is 2.09. The second-order valence-corrected chi connectivity index (χ2v) is 5.58. The first kappa shape index (κ1) is 14.3. The summed E-state index contributed by atoms with van der Waals surface area (Å²) < 4.78 is 5.17. The molecular formula is C11H19NO2S. The zero-order chi connectivity index (χ0) is 11.9. The van der Waals surface area contributed by atoms with Crippen LogP contribution < -0.4 is 0 Å². The molecule has 0 saturated carbocycles. The monoisotopic (exact) mass is 229 g/mol. The van der Waals surface area contributed by atoms with Gasteiger partial charge in [-0.3, -0.25) is 4.79 Å². The largest absolute Gasteiger partial charge is 0.459 e. The Bertz CT molecular complexity index is 240. The Kier molecular flexibility index (Phi) is 6.42.